The summed E-state index contributed by atoms with van der Waals surface area (Å²) in [5.74, 6) is 1.95. The summed E-state index contributed by atoms with van der Waals surface area (Å²) in [6.45, 7) is 11.3. The lowest BCUT2D eigenvalue weighted by atomic mass is 9.94. The van der Waals surface area contributed by atoms with Gasteiger partial charge in [0.1, 0.15) is 5.82 Å². The first-order valence-corrected chi connectivity index (χ1v) is 8.08. The van der Waals surface area contributed by atoms with Crippen LogP contribution < -0.4 is 10.2 Å². The highest BCUT2D eigenvalue weighted by molar-refractivity contribution is 5.49. The zero-order chi connectivity index (χ0) is 14.5. The van der Waals surface area contributed by atoms with Crippen LogP contribution in [0.1, 0.15) is 58.6 Å². The van der Waals surface area contributed by atoms with E-state index in [9.17, 15) is 0 Å². The van der Waals surface area contributed by atoms with E-state index in [0.29, 0.717) is 12.1 Å². The predicted octanol–water partition coefficient (Wildman–Crippen LogP) is 3.77. The molecule has 1 aliphatic rings. The van der Waals surface area contributed by atoms with Crippen molar-refractivity contribution < 1.29 is 0 Å². The lowest BCUT2D eigenvalue weighted by molar-refractivity contribution is 0.386. The third-order valence-electron chi connectivity index (χ3n) is 4.37. The van der Waals surface area contributed by atoms with Crippen molar-refractivity contribution in [3.63, 3.8) is 0 Å². The summed E-state index contributed by atoms with van der Waals surface area (Å²) in [5.41, 5.74) is 1.34. The molecule has 1 aromatic rings. The van der Waals surface area contributed by atoms with E-state index >= 15 is 0 Å². The number of piperidine rings is 1. The Labute approximate surface area is 123 Å². The predicted molar refractivity (Wildman–Crippen MR) is 86.2 cm³/mol. The largest absolute Gasteiger partial charge is 0.353 e. The second-order valence-electron chi connectivity index (χ2n) is 6.28. The van der Waals surface area contributed by atoms with Gasteiger partial charge >= 0.3 is 0 Å². The van der Waals surface area contributed by atoms with Crippen molar-refractivity contribution >= 4 is 5.82 Å². The maximum Gasteiger partial charge on any atom is 0.133 e. The van der Waals surface area contributed by atoms with Crippen LogP contribution in [0.25, 0.3) is 0 Å². The summed E-state index contributed by atoms with van der Waals surface area (Å²) in [6.07, 6.45) is 5.70. The van der Waals surface area contributed by atoms with Gasteiger partial charge in [-0.3, -0.25) is 0 Å². The lowest BCUT2D eigenvalue weighted by Gasteiger charge is -2.39. The quantitative estimate of drug-likeness (QED) is 0.886. The molecule has 2 heterocycles. The minimum absolute atomic E-state index is 0.364. The maximum absolute atomic E-state index is 4.70. The van der Waals surface area contributed by atoms with Gasteiger partial charge in [-0.25, -0.2) is 4.98 Å². The van der Waals surface area contributed by atoms with Crippen molar-refractivity contribution in [2.45, 2.75) is 59.0 Å². The summed E-state index contributed by atoms with van der Waals surface area (Å²) in [4.78, 5) is 7.21. The smallest absolute Gasteiger partial charge is 0.133 e. The fraction of sp³-hybridized carbons (Fsp3) is 0.706. The Morgan fingerprint density at radius 1 is 1.40 bits per heavy atom. The molecule has 0 spiro atoms. The molecule has 0 radical (unpaired) electrons. The minimum atomic E-state index is 0.364. The van der Waals surface area contributed by atoms with E-state index in [1.807, 2.05) is 6.20 Å². The van der Waals surface area contributed by atoms with E-state index in [4.69, 9.17) is 4.98 Å². The van der Waals surface area contributed by atoms with Gasteiger partial charge in [-0.05, 0) is 51.6 Å². The van der Waals surface area contributed by atoms with Gasteiger partial charge in [0.05, 0.1) is 0 Å². The highest BCUT2D eigenvalue weighted by Crippen LogP contribution is 2.31. The normalized spacial score (nSPS) is 24.7. The molecule has 0 amide bonds. The Morgan fingerprint density at radius 2 is 2.20 bits per heavy atom. The van der Waals surface area contributed by atoms with Gasteiger partial charge in [-0.1, -0.05) is 19.9 Å². The molecule has 1 aromatic heterocycles. The molecule has 112 valence electrons. The number of anilines is 1. The number of aromatic nitrogens is 1. The molecule has 3 unspecified atom stereocenters. The standard InChI is InChI=1S/C17H29N3/c1-5-10-18-15(4)16-7-6-11-19-17(16)20-12-13(2)8-9-14(20)3/h6-7,11,13-15,18H,5,8-10,12H2,1-4H3. The highest BCUT2D eigenvalue weighted by atomic mass is 15.2. The number of pyridine rings is 1. The summed E-state index contributed by atoms with van der Waals surface area (Å²) < 4.78 is 0. The zero-order valence-electron chi connectivity index (χ0n) is 13.4. The number of hydrogen-bond donors (Lipinski definition) is 1. The van der Waals surface area contributed by atoms with E-state index in [-0.39, 0.29) is 0 Å². The van der Waals surface area contributed by atoms with Crippen LogP contribution in [-0.4, -0.2) is 24.1 Å². The Morgan fingerprint density at radius 3 is 2.95 bits per heavy atom. The van der Waals surface area contributed by atoms with Gasteiger partial charge in [-0.2, -0.15) is 0 Å². The van der Waals surface area contributed by atoms with Crippen LogP contribution in [0.4, 0.5) is 5.82 Å². The summed E-state index contributed by atoms with van der Waals surface area (Å²) in [6, 6.07) is 5.24. The zero-order valence-corrected chi connectivity index (χ0v) is 13.4. The molecule has 0 aliphatic carbocycles. The Hall–Kier alpha value is -1.09. The first kappa shape index (κ1) is 15.3. The molecule has 0 aromatic carbocycles. The Balaban J connectivity index is 2.22. The van der Waals surface area contributed by atoms with Crippen LogP contribution in [0.2, 0.25) is 0 Å². The third kappa shape index (κ3) is 3.51. The molecule has 1 fully saturated rings. The number of nitrogens with one attached hydrogen (secondary N) is 1. The van der Waals surface area contributed by atoms with E-state index in [2.05, 4.69) is 50.0 Å². The highest BCUT2D eigenvalue weighted by Gasteiger charge is 2.26. The van der Waals surface area contributed by atoms with Crippen LogP contribution >= 0.6 is 0 Å². The molecule has 0 saturated carbocycles. The molecule has 0 bridgehead atoms. The Kier molecular flexibility index (Phi) is 5.41. The molecule has 1 N–H and O–H groups in total. The van der Waals surface area contributed by atoms with Crippen LogP contribution in [0.5, 0.6) is 0 Å². The molecular weight excluding hydrogens is 246 g/mol. The van der Waals surface area contributed by atoms with Gasteiger partial charge in [0.2, 0.25) is 0 Å². The second kappa shape index (κ2) is 7.07. The first-order chi connectivity index (χ1) is 9.63. The monoisotopic (exact) mass is 275 g/mol. The van der Waals surface area contributed by atoms with E-state index in [1.165, 1.54) is 24.2 Å². The number of rotatable bonds is 5. The van der Waals surface area contributed by atoms with Crippen LogP contribution in [-0.2, 0) is 0 Å². The van der Waals surface area contributed by atoms with Crippen LogP contribution in [0.3, 0.4) is 0 Å². The van der Waals surface area contributed by atoms with E-state index in [1.54, 1.807) is 0 Å². The average molecular weight is 275 g/mol. The minimum Gasteiger partial charge on any atom is -0.353 e. The van der Waals surface area contributed by atoms with Gasteiger partial charge in [0.25, 0.3) is 0 Å². The molecule has 1 aliphatic heterocycles. The molecule has 2 rings (SSSR count). The van der Waals surface area contributed by atoms with Crippen molar-refractivity contribution in [1.82, 2.24) is 10.3 Å². The number of nitrogens with zero attached hydrogens (tertiary/aromatic N) is 2. The molecule has 1 saturated heterocycles. The second-order valence-corrected chi connectivity index (χ2v) is 6.28. The average Bonchev–Trinajstić information content (AvgIpc) is 2.47. The van der Waals surface area contributed by atoms with E-state index in [0.717, 1.165) is 25.4 Å². The van der Waals surface area contributed by atoms with Crippen molar-refractivity contribution in [3.8, 4) is 0 Å². The SMILES string of the molecule is CCCNC(C)c1cccnc1N1CC(C)CCC1C. The fourth-order valence-corrected chi connectivity index (χ4v) is 3.04. The fourth-order valence-electron chi connectivity index (χ4n) is 3.04. The summed E-state index contributed by atoms with van der Waals surface area (Å²) in [5, 5.41) is 3.59. The van der Waals surface area contributed by atoms with Crippen LogP contribution in [0.15, 0.2) is 18.3 Å². The summed E-state index contributed by atoms with van der Waals surface area (Å²) in [7, 11) is 0. The van der Waals surface area contributed by atoms with Gasteiger partial charge < -0.3 is 10.2 Å². The Bertz CT molecular complexity index is 418. The third-order valence-corrected chi connectivity index (χ3v) is 4.37. The van der Waals surface area contributed by atoms with Crippen LogP contribution in [0, 0.1) is 5.92 Å². The van der Waals surface area contributed by atoms with E-state index < -0.39 is 0 Å². The lowest BCUT2D eigenvalue weighted by Crippen LogP contribution is -2.42. The van der Waals surface area contributed by atoms with Crippen molar-refractivity contribution in [1.29, 1.82) is 0 Å². The maximum atomic E-state index is 4.70. The van der Waals surface area contributed by atoms with Gasteiger partial charge in [0.15, 0.2) is 0 Å². The summed E-state index contributed by atoms with van der Waals surface area (Å²) >= 11 is 0. The van der Waals surface area contributed by atoms with Crippen molar-refractivity contribution in [3.05, 3.63) is 23.9 Å². The topological polar surface area (TPSA) is 28.2 Å². The first-order valence-electron chi connectivity index (χ1n) is 8.08. The molecular formula is C17H29N3. The molecule has 3 atom stereocenters. The van der Waals surface area contributed by atoms with Gasteiger partial charge in [-0.15, -0.1) is 0 Å². The van der Waals surface area contributed by atoms with Gasteiger partial charge in [0, 0.05) is 30.4 Å². The molecule has 3 nitrogen and oxygen atoms in total. The molecule has 20 heavy (non-hydrogen) atoms. The number of hydrogen-bond acceptors (Lipinski definition) is 3. The molecule has 3 heteroatoms. The van der Waals surface area contributed by atoms with Crippen molar-refractivity contribution in [2.75, 3.05) is 18.0 Å². The van der Waals surface area contributed by atoms with Crippen molar-refractivity contribution in [2.24, 2.45) is 5.92 Å².